The molecule has 1 atom stereocenters. The highest BCUT2D eigenvalue weighted by Gasteiger charge is 2.31. The minimum Gasteiger partial charge on any atom is -0.490 e. The van der Waals surface area contributed by atoms with E-state index in [2.05, 4.69) is 5.32 Å². The second-order valence-electron chi connectivity index (χ2n) is 8.66. The molecule has 0 saturated heterocycles. The molecule has 2 rings (SSSR count). The molecule has 0 fully saturated rings. The van der Waals surface area contributed by atoms with E-state index in [0.29, 0.717) is 17.0 Å². The van der Waals surface area contributed by atoms with E-state index in [4.69, 9.17) is 21.1 Å². The third-order valence-electron chi connectivity index (χ3n) is 4.89. The fourth-order valence-electron chi connectivity index (χ4n) is 3.31. The first-order valence-corrected chi connectivity index (χ1v) is 11.1. The van der Waals surface area contributed by atoms with Gasteiger partial charge in [-0.05, 0) is 44.9 Å². The number of carbonyl (C=O) groups excluding carboxylic acids is 2. The number of rotatable bonds is 10. The Bertz CT molecular complexity index is 1040. The number of methoxy groups -OCH3 is 1. The number of halogens is 1. The number of amides is 2. The molecule has 2 aromatic carbocycles. The van der Waals surface area contributed by atoms with Gasteiger partial charge in [-0.2, -0.15) is 0 Å². The van der Waals surface area contributed by atoms with Crippen molar-refractivity contribution in [3.05, 3.63) is 63.2 Å². The lowest BCUT2D eigenvalue weighted by atomic mass is 10.1. The Hall–Kier alpha value is -3.33. The van der Waals surface area contributed by atoms with Crippen molar-refractivity contribution in [2.75, 3.05) is 13.7 Å². The molecule has 0 radical (unpaired) electrons. The van der Waals surface area contributed by atoms with Gasteiger partial charge < -0.3 is 19.7 Å². The lowest BCUT2D eigenvalue weighted by Crippen LogP contribution is -2.54. The lowest BCUT2D eigenvalue weighted by molar-refractivity contribution is -0.385. The van der Waals surface area contributed by atoms with Crippen LogP contribution in [0, 0.1) is 10.1 Å². The average Bonchev–Trinajstić information content (AvgIpc) is 2.77. The molecular weight excluding hydrogens is 462 g/mol. The van der Waals surface area contributed by atoms with Gasteiger partial charge in [0, 0.05) is 29.2 Å². The summed E-state index contributed by atoms with van der Waals surface area (Å²) in [6, 6.07) is 10.3. The van der Waals surface area contributed by atoms with E-state index in [1.165, 1.54) is 30.2 Å². The van der Waals surface area contributed by atoms with Gasteiger partial charge in [-0.15, -0.1) is 0 Å². The molecule has 0 aromatic heterocycles. The molecule has 2 amide bonds. The zero-order valence-electron chi connectivity index (χ0n) is 20.0. The van der Waals surface area contributed by atoms with Gasteiger partial charge in [0.25, 0.3) is 5.91 Å². The van der Waals surface area contributed by atoms with Gasteiger partial charge in [0.05, 0.1) is 12.0 Å². The van der Waals surface area contributed by atoms with Crippen LogP contribution in [0.1, 0.15) is 39.7 Å². The maximum atomic E-state index is 13.3. The summed E-state index contributed by atoms with van der Waals surface area (Å²) >= 11 is 6.31. The van der Waals surface area contributed by atoms with Crippen LogP contribution in [0.5, 0.6) is 11.5 Å². The van der Waals surface area contributed by atoms with E-state index in [0.717, 1.165) is 0 Å². The quantitative estimate of drug-likeness (QED) is 0.390. The Kier molecular flexibility index (Phi) is 9.26. The smallest absolute Gasteiger partial charge is 0.311 e. The largest absolute Gasteiger partial charge is 0.490 e. The van der Waals surface area contributed by atoms with Gasteiger partial charge in [-0.3, -0.25) is 19.7 Å². The number of nitro groups is 1. The monoisotopic (exact) mass is 491 g/mol. The zero-order chi connectivity index (χ0) is 25.5. The number of nitrogens with one attached hydrogen (secondary N) is 1. The number of ether oxygens (including phenoxy) is 2. The standard InChI is InChI=1S/C24H30ClN3O6/c1-6-19(23(30)26-24(2,3)4)27(14-16-9-7-8-10-18(16)25)22(29)15-34-17-11-12-20(28(31)32)21(13-17)33-5/h7-13,19H,6,14-15H2,1-5H3,(H,26,30). The van der Waals surface area contributed by atoms with Crippen molar-refractivity contribution in [1.29, 1.82) is 0 Å². The lowest BCUT2D eigenvalue weighted by Gasteiger charge is -2.33. The number of carbonyl (C=O) groups is 2. The molecule has 0 aliphatic heterocycles. The number of hydrogen-bond acceptors (Lipinski definition) is 6. The Morgan fingerprint density at radius 3 is 2.44 bits per heavy atom. The number of nitrogens with zero attached hydrogens (tertiary/aromatic N) is 2. The van der Waals surface area contributed by atoms with E-state index in [1.807, 2.05) is 27.7 Å². The molecule has 0 heterocycles. The van der Waals surface area contributed by atoms with Gasteiger partial charge in [-0.25, -0.2) is 0 Å². The van der Waals surface area contributed by atoms with E-state index < -0.39 is 22.4 Å². The van der Waals surface area contributed by atoms with Crippen molar-refractivity contribution in [1.82, 2.24) is 10.2 Å². The molecule has 1 N–H and O–H groups in total. The van der Waals surface area contributed by atoms with Gasteiger partial charge in [0.2, 0.25) is 11.7 Å². The first-order chi connectivity index (χ1) is 16.0. The van der Waals surface area contributed by atoms with Gasteiger partial charge in [0.1, 0.15) is 11.8 Å². The summed E-state index contributed by atoms with van der Waals surface area (Å²) in [4.78, 5) is 38.2. The molecule has 10 heteroatoms. The van der Waals surface area contributed by atoms with Crippen LogP contribution in [0.3, 0.4) is 0 Å². The Morgan fingerprint density at radius 2 is 1.88 bits per heavy atom. The van der Waals surface area contributed by atoms with Crippen LogP contribution in [-0.2, 0) is 16.1 Å². The maximum Gasteiger partial charge on any atom is 0.311 e. The van der Waals surface area contributed by atoms with Crippen molar-refractivity contribution in [2.24, 2.45) is 0 Å². The normalized spacial score (nSPS) is 11.9. The highest BCUT2D eigenvalue weighted by molar-refractivity contribution is 6.31. The highest BCUT2D eigenvalue weighted by atomic mass is 35.5. The molecule has 0 saturated carbocycles. The van der Waals surface area contributed by atoms with Crippen LogP contribution in [-0.4, -0.2) is 46.9 Å². The van der Waals surface area contributed by atoms with Crippen molar-refractivity contribution in [2.45, 2.75) is 52.2 Å². The summed E-state index contributed by atoms with van der Waals surface area (Å²) in [5.74, 6) is -0.486. The molecule has 0 spiro atoms. The fraction of sp³-hybridized carbons (Fsp3) is 0.417. The van der Waals surface area contributed by atoms with Crippen LogP contribution in [0.4, 0.5) is 5.69 Å². The summed E-state index contributed by atoms with van der Waals surface area (Å²) in [5.41, 5.74) is -0.00181. The van der Waals surface area contributed by atoms with E-state index in [-0.39, 0.29) is 36.2 Å². The number of benzene rings is 2. The van der Waals surface area contributed by atoms with Crippen LogP contribution >= 0.6 is 11.6 Å². The summed E-state index contributed by atoms with van der Waals surface area (Å²) in [6.07, 6.45) is 0.378. The Morgan fingerprint density at radius 1 is 1.21 bits per heavy atom. The molecule has 34 heavy (non-hydrogen) atoms. The molecular formula is C24H30ClN3O6. The third kappa shape index (κ3) is 7.34. The SMILES string of the molecule is CCC(C(=O)NC(C)(C)C)N(Cc1ccccc1Cl)C(=O)COc1ccc([N+](=O)[O-])c(OC)c1. The summed E-state index contributed by atoms with van der Waals surface area (Å²) < 4.78 is 10.7. The van der Waals surface area contributed by atoms with Gasteiger partial charge >= 0.3 is 5.69 Å². The molecule has 0 bridgehead atoms. The summed E-state index contributed by atoms with van der Waals surface area (Å²) in [5, 5.41) is 14.5. The molecule has 0 aliphatic carbocycles. The molecule has 1 unspecified atom stereocenters. The Balaban J connectivity index is 2.28. The molecule has 0 aliphatic rings. The molecule has 9 nitrogen and oxygen atoms in total. The molecule has 2 aromatic rings. The van der Waals surface area contributed by atoms with E-state index in [1.54, 1.807) is 24.3 Å². The van der Waals surface area contributed by atoms with Crippen molar-refractivity contribution in [3.63, 3.8) is 0 Å². The van der Waals surface area contributed by atoms with Crippen molar-refractivity contribution in [3.8, 4) is 11.5 Å². The van der Waals surface area contributed by atoms with Crippen molar-refractivity contribution >= 4 is 29.1 Å². The fourth-order valence-corrected chi connectivity index (χ4v) is 3.50. The van der Waals surface area contributed by atoms with Crippen LogP contribution < -0.4 is 14.8 Å². The second kappa shape index (κ2) is 11.7. The van der Waals surface area contributed by atoms with Crippen LogP contribution in [0.25, 0.3) is 0 Å². The average molecular weight is 492 g/mol. The first-order valence-electron chi connectivity index (χ1n) is 10.8. The van der Waals surface area contributed by atoms with E-state index in [9.17, 15) is 19.7 Å². The topological polar surface area (TPSA) is 111 Å². The Labute approximate surface area is 204 Å². The highest BCUT2D eigenvalue weighted by Crippen LogP contribution is 2.31. The van der Waals surface area contributed by atoms with Gasteiger partial charge in [0.15, 0.2) is 6.61 Å². The minimum absolute atomic E-state index is 0.0128. The number of nitro benzene ring substituents is 1. The van der Waals surface area contributed by atoms with E-state index >= 15 is 0 Å². The zero-order valence-corrected chi connectivity index (χ0v) is 20.7. The number of hydrogen-bond donors (Lipinski definition) is 1. The predicted octanol–water partition coefficient (Wildman–Crippen LogP) is 4.36. The summed E-state index contributed by atoms with van der Waals surface area (Å²) in [6.45, 7) is 7.14. The van der Waals surface area contributed by atoms with Crippen LogP contribution in [0.15, 0.2) is 42.5 Å². The third-order valence-corrected chi connectivity index (χ3v) is 5.26. The maximum absolute atomic E-state index is 13.3. The van der Waals surface area contributed by atoms with Gasteiger partial charge in [-0.1, -0.05) is 36.7 Å². The second-order valence-corrected chi connectivity index (χ2v) is 9.06. The minimum atomic E-state index is -0.752. The predicted molar refractivity (Wildman–Crippen MR) is 129 cm³/mol. The van der Waals surface area contributed by atoms with Crippen molar-refractivity contribution < 1.29 is 24.0 Å². The summed E-state index contributed by atoms with van der Waals surface area (Å²) in [7, 11) is 1.31. The molecule has 184 valence electrons. The first kappa shape index (κ1) is 26.9. The van der Waals surface area contributed by atoms with Crippen LogP contribution in [0.2, 0.25) is 5.02 Å².